The largest absolute Gasteiger partial charge is 0.297 e. The number of hydrogen-bond acceptors (Lipinski definition) is 2. The summed E-state index contributed by atoms with van der Waals surface area (Å²) in [5.41, 5.74) is 0. The summed E-state index contributed by atoms with van der Waals surface area (Å²) in [6.45, 7) is 0.110. The van der Waals surface area contributed by atoms with Crippen LogP contribution in [0.5, 0.6) is 0 Å². The Morgan fingerprint density at radius 1 is 1.43 bits per heavy atom. The number of carbonyl (C=O) groups is 2. The van der Waals surface area contributed by atoms with Gasteiger partial charge in [-0.15, -0.1) is 0 Å². The first-order chi connectivity index (χ1) is 3.29. The monoisotopic (exact) mass is 98.0 g/mol. The molecule has 0 aliphatic carbocycles. The van der Waals surface area contributed by atoms with Gasteiger partial charge >= 0.3 is 0 Å². The quantitative estimate of drug-likeness (QED) is 0.368. The Morgan fingerprint density at radius 3 is 2.29 bits per heavy atom. The first-order valence-electron chi connectivity index (χ1n) is 2.01. The van der Waals surface area contributed by atoms with E-state index in [2.05, 4.69) is 5.32 Å². The third-order valence-electron chi connectivity index (χ3n) is 0.780. The summed E-state index contributed by atoms with van der Waals surface area (Å²) in [4.78, 5) is 20.2. The summed E-state index contributed by atoms with van der Waals surface area (Å²) >= 11 is 0. The van der Waals surface area contributed by atoms with E-state index in [-0.39, 0.29) is 24.7 Å². The molecule has 1 radical (unpaired) electrons. The molecule has 37 valence electrons. The average molecular weight is 98.1 g/mol. The molecule has 1 saturated heterocycles. The highest BCUT2D eigenvalue weighted by Gasteiger charge is 2.18. The summed E-state index contributed by atoms with van der Waals surface area (Å²) in [6, 6.07) is 0. The van der Waals surface area contributed by atoms with E-state index in [1.54, 1.807) is 0 Å². The van der Waals surface area contributed by atoms with Crippen LogP contribution in [-0.4, -0.2) is 18.2 Å². The highest BCUT2D eigenvalue weighted by atomic mass is 16.2. The Labute approximate surface area is 40.7 Å². The average Bonchev–Trinajstić information content (AvgIpc) is 1.87. The van der Waals surface area contributed by atoms with Crippen molar-refractivity contribution in [3.63, 3.8) is 0 Å². The number of hydrogen-bond donors (Lipinski definition) is 0. The van der Waals surface area contributed by atoms with Gasteiger partial charge in [-0.2, -0.15) is 0 Å². The fraction of sp³-hybridized carbons (Fsp3) is 0.500. The van der Waals surface area contributed by atoms with E-state index in [1.807, 2.05) is 0 Å². The van der Waals surface area contributed by atoms with Crippen LogP contribution in [0, 0.1) is 0 Å². The van der Waals surface area contributed by atoms with Gasteiger partial charge in [0.2, 0.25) is 5.91 Å². The maximum atomic E-state index is 10.1. The van der Waals surface area contributed by atoms with Crippen LogP contribution in [0.1, 0.15) is 6.42 Å². The standard InChI is InChI=1S/C4H4NO2/c6-3-1-4(7)5-2-3/h1-2H2. The number of carbonyl (C=O) groups excluding carboxylic acids is 2. The minimum atomic E-state index is -0.273. The Hall–Kier alpha value is -0.860. The van der Waals surface area contributed by atoms with E-state index in [0.717, 1.165) is 0 Å². The van der Waals surface area contributed by atoms with Gasteiger partial charge in [0.15, 0.2) is 5.78 Å². The minimum Gasteiger partial charge on any atom is -0.297 e. The molecule has 0 bridgehead atoms. The minimum absolute atomic E-state index is 0.0278. The predicted molar refractivity (Wildman–Crippen MR) is 21.6 cm³/mol. The molecule has 0 aromatic carbocycles. The summed E-state index contributed by atoms with van der Waals surface area (Å²) in [6.07, 6.45) is 0.0278. The molecule has 3 nitrogen and oxygen atoms in total. The van der Waals surface area contributed by atoms with Crippen LogP contribution in [0.25, 0.3) is 0 Å². The van der Waals surface area contributed by atoms with Gasteiger partial charge in [-0.1, -0.05) is 0 Å². The number of nitrogens with zero attached hydrogens (tertiary/aromatic N) is 1. The second kappa shape index (κ2) is 1.33. The summed E-state index contributed by atoms with van der Waals surface area (Å²) in [5.74, 6) is -0.338. The molecule has 1 aliphatic rings. The van der Waals surface area contributed by atoms with Crippen LogP contribution in [0.4, 0.5) is 0 Å². The molecule has 1 amide bonds. The van der Waals surface area contributed by atoms with Crippen molar-refractivity contribution in [2.45, 2.75) is 6.42 Å². The normalized spacial score (nSPS) is 20.0. The van der Waals surface area contributed by atoms with Crippen LogP contribution in [-0.2, 0) is 9.59 Å². The molecule has 0 saturated carbocycles. The zero-order valence-electron chi connectivity index (χ0n) is 3.68. The summed E-state index contributed by atoms with van der Waals surface area (Å²) < 4.78 is 0. The van der Waals surface area contributed by atoms with Crippen molar-refractivity contribution in [3.05, 3.63) is 0 Å². The third-order valence-corrected chi connectivity index (χ3v) is 0.780. The number of Topliss-reactive ketones (excluding diaryl/α,β-unsaturated/α-hetero) is 1. The first kappa shape index (κ1) is 4.30. The lowest BCUT2D eigenvalue weighted by Crippen LogP contribution is -2.03. The zero-order valence-corrected chi connectivity index (χ0v) is 3.68. The van der Waals surface area contributed by atoms with Crippen LogP contribution in [0.15, 0.2) is 0 Å². The molecule has 7 heavy (non-hydrogen) atoms. The lowest BCUT2D eigenvalue weighted by Gasteiger charge is -1.72. The van der Waals surface area contributed by atoms with E-state index in [4.69, 9.17) is 0 Å². The molecule has 1 fully saturated rings. The molecule has 1 heterocycles. The van der Waals surface area contributed by atoms with Crippen LogP contribution in [0.3, 0.4) is 0 Å². The molecule has 1 aliphatic heterocycles. The smallest absolute Gasteiger partial charge is 0.249 e. The molecule has 0 atom stereocenters. The Bertz CT molecular complexity index is 105. The maximum absolute atomic E-state index is 10.1. The van der Waals surface area contributed by atoms with E-state index < -0.39 is 0 Å². The fourth-order valence-corrected chi connectivity index (χ4v) is 0.457. The molecule has 0 spiro atoms. The topological polar surface area (TPSA) is 48.2 Å². The van der Waals surface area contributed by atoms with E-state index >= 15 is 0 Å². The molecular formula is C4H4NO2. The molecule has 3 heteroatoms. The van der Waals surface area contributed by atoms with Crippen molar-refractivity contribution in [1.29, 1.82) is 0 Å². The van der Waals surface area contributed by atoms with Gasteiger partial charge < -0.3 is 0 Å². The molecule has 0 aromatic heterocycles. The summed E-state index contributed by atoms with van der Waals surface area (Å²) in [5, 5.41) is 3.33. The van der Waals surface area contributed by atoms with Crippen molar-refractivity contribution < 1.29 is 9.59 Å². The summed E-state index contributed by atoms with van der Waals surface area (Å²) in [7, 11) is 0. The molecule has 1 rings (SSSR count). The van der Waals surface area contributed by atoms with Gasteiger partial charge in [0.05, 0.1) is 6.42 Å². The van der Waals surface area contributed by atoms with Gasteiger partial charge in [-0.3, -0.25) is 9.59 Å². The van der Waals surface area contributed by atoms with Crippen LogP contribution >= 0.6 is 0 Å². The van der Waals surface area contributed by atoms with Crippen molar-refractivity contribution in [3.8, 4) is 0 Å². The van der Waals surface area contributed by atoms with Gasteiger partial charge in [-0.25, -0.2) is 5.32 Å². The second-order valence-electron chi connectivity index (χ2n) is 1.43. The molecular weight excluding hydrogens is 94.0 g/mol. The van der Waals surface area contributed by atoms with Crippen molar-refractivity contribution in [2.75, 3.05) is 6.54 Å². The Kier molecular flexibility index (Phi) is 0.817. The SMILES string of the molecule is O=C1C[N]C(=O)C1. The van der Waals surface area contributed by atoms with Crippen LogP contribution in [0.2, 0.25) is 0 Å². The van der Waals surface area contributed by atoms with Gasteiger partial charge in [0.1, 0.15) is 6.54 Å². The van der Waals surface area contributed by atoms with E-state index in [1.165, 1.54) is 0 Å². The van der Waals surface area contributed by atoms with E-state index in [0.29, 0.717) is 0 Å². The Balaban J connectivity index is 2.55. The van der Waals surface area contributed by atoms with E-state index in [9.17, 15) is 9.59 Å². The molecule has 0 aromatic rings. The molecule has 0 unspecified atom stereocenters. The number of ketones is 1. The highest BCUT2D eigenvalue weighted by molar-refractivity contribution is 6.05. The third kappa shape index (κ3) is 0.765. The predicted octanol–water partition coefficient (Wildman–Crippen LogP) is -0.910. The van der Waals surface area contributed by atoms with Crippen molar-refractivity contribution in [2.24, 2.45) is 0 Å². The van der Waals surface area contributed by atoms with Crippen molar-refractivity contribution >= 4 is 11.7 Å². The van der Waals surface area contributed by atoms with Gasteiger partial charge in [0, 0.05) is 0 Å². The zero-order chi connectivity index (χ0) is 5.28. The molecule has 0 N–H and O–H groups in total. The van der Waals surface area contributed by atoms with Crippen molar-refractivity contribution in [1.82, 2.24) is 5.32 Å². The first-order valence-corrected chi connectivity index (χ1v) is 2.01. The second-order valence-corrected chi connectivity index (χ2v) is 1.43. The lowest BCUT2D eigenvalue weighted by atomic mass is 10.3. The van der Waals surface area contributed by atoms with Crippen LogP contribution < -0.4 is 5.32 Å². The highest BCUT2D eigenvalue weighted by Crippen LogP contribution is 1.91. The number of rotatable bonds is 0. The Morgan fingerprint density at radius 2 is 2.14 bits per heavy atom. The maximum Gasteiger partial charge on any atom is 0.249 e. The van der Waals surface area contributed by atoms with Gasteiger partial charge in [-0.05, 0) is 0 Å². The lowest BCUT2D eigenvalue weighted by molar-refractivity contribution is -0.122. The fourth-order valence-electron chi connectivity index (χ4n) is 0.457. The number of amides is 1. The van der Waals surface area contributed by atoms with Gasteiger partial charge in [0.25, 0.3) is 0 Å².